The monoisotopic (exact) mass is 700 g/mol. The number of aromatic nitrogens is 2. The lowest BCUT2D eigenvalue weighted by atomic mass is 9.90. The van der Waals surface area contributed by atoms with Crippen LogP contribution < -0.4 is 4.74 Å². The summed E-state index contributed by atoms with van der Waals surface area (Å²) < 4.78 is 11.8. The number of rotatable bonds is 4. The molecule has 12 rings (SSSR count). The van der Waals surface area contributed by atoms with Crippen LogP contribution in [0.15, 0.2) is 194 Å². The van der Waals surface area contributed by atoms with Gasteiger partial charge < -0.3 is 13.9 Å². The minimum atomic E-state index is 0.871. The second-order valence-electron chi connectivity index (χ2n) is 14.5. The van der Waals surface area contributed by atoms with E-state index < -0.39 is 0 Å². The van der Waals surface area contributed by atoms with Crippen LogP contribution in [0, 0.1) is 0 Å². The first-order valence-electron chi connectivity index (χ1n) is 18.9. The van der Waals surface area contributed by atoms with Crippen LogP contribution in [-0.4, -0.2) is 9.13 Å². The van der Waals surface area contributed by atoms with Gasteiger partial charge in [-0.2, -0.15) is 0 Å². The fourth-order valence-electron chi connectivity index (χ4n) is 9.17. The van der Waals surface area contributed by atoms with Crippen molar-refractivity contribution in [2.45, 2.75) is 0 Å². The van der Waals surface area contributed by atoms with Gasteiger partial charge in [0.05, 0.1) is 22.1 Å². The highest BCUT2D eigenvalue weighted by atomic mass is 16.5. The normalized spacial score (nSPS) is 12.1. The van der Waals surface area contributed by atoms with Crippen molar-refractivity contribution < 1.29 is 4.74 Å². The van der Waals surface area contributed by atoms with Crippen molar-refractivity contribution in [3.8, 4) is 56.3 Å². The maximum absolute atomic E-state index is 7.02. The highest BCUT2D eigenvalue weighted by molar-refractivity contribution is 6.25. The van der Waals surface area contributed by atoms with Crippen LogP contribution in [0.1, 0.15) is 0 Å². The summed E-state index contributed by atoms with van der Waals surface area (Å²) in [6.45, 7) is 0. The molecule has 11 aromatic rings. The Kier molecular flexibility index (Phi) is 6.34. The Morgan fingerprint density at radius 1 is 0.291 bits per heavy atom. The molecule has 3 nitrogen and oxygen atoms in total. The Hall–Kier alpha value is -7.36. The van der Waals surface area contributed by atoms with Crippen molar-refractivity contribution in [1.82, 2.24) is 9.13 Å². The molecule has 256 valence electrons. The molecule has 0 unspecified atom stereocenters. The van der Waals surface area contributed by atoms with Gasteiger partial charge in [0.15, 0.2) is 0 Å². The molecule has 55 heavy (non-hydrogen) atoms. The smallest absolute Gasteiger partial charge is 0.138 e. The van der Waals surface area contributed by atoms with E-state index in [1.54, 1.807) is 0 Å². The van der Waals surface area contributed by atoms with E-state index >= 15 is 0 Å². The topological polar surface area (TPSA) is 19.1 Å². The predicted octanol–water partition coefficient (Wildman–Crippen LogP) is 14.1. The number of benzene rings is 9. The fraction of sp³-hybridized carbons (Fsp3) is 0. The van der Waals surface area contributed by atoms with Crippen LogP contribution in [0.25, 0.3) is 99.1 Å². The predicted molar refractivity (Wildman–Crippen MR) is 229 cm³/mol. The number of ether oxygens (including phenoxy) is 1. The van der Waals surface area contributed by atoms with Gasteiger partial charge >= 0.3 is 0 Å². The molecule has 0 fully saturated rings. The largest absolute Gasteiger partial charge is 0.456 e. The second-order valence-corrected chi connectivity index (χ2v) is 14.5. The molecule has 0 amide bonds. The number of para-hydroxylation sites is 3. The molecular weight excluding hydrogens is 669 g/mol. The molecule has 1 aliphatic heterocycles. The van der Waals surface area contributed by atoms with Crippen molar-refractivity contribution in [3.05, 3.63) is 194 Å². The molecule has 1 aliphatic rings. The minimum absolute atomic E-state index is 0.871. The molecule has 0 spiro atoms. The lowest BCUT2D eigenvalue weighted by Crippen LogP contribution is -1.99. The Labute approximate surface area is 317 Å². The second kappa shape index (κ2) is 11.6. The SMILES string of the molecule is c1ccc(-c2cccc(-n3c4ccccc4c4c(-c5ccc6c(c5)Oc5cc7c(c8cccc-6c58)c5ccccc5n7-c5ccccc5)cccc43)c2)cc1. The minimum Gasteiger partial charge on any atom is -0.456 e. The van der Waals surface area contributed by atoms with Crippen LogP contribution >= 0.6 is 0 Å². The molecule has 0 saturated heterocycles. The van der Waals surface area contributed by atoms with Gasteiger partial charge in [-0.25, -0.2) is 0 Å². The van der Waals surface area contributed by atoms with E-state index in [-0.39, 0.29) is 0 Å². The summed E-state index contributed by atoms with van der Waals surface area (Å²) in [7, 11) is 0. The van der Waals surface area contributed by atoms with Gasteiger partial charge in [0, 0.05) is 49.9 Å². The number of hydrogen-bond donors (Lipinski definition) is 0. The Morgan fingerprint density at radius 3 is 1.71 bits per heavy atom. The molecule has 0 saturated carbocycles. The summed E-state index contributed by atoms with van der Waals surface area (Å²) >= 11 is 0. The quantitative estimate of drug-likeness (QED) is 0.179. The van der Waals surface area contributed by atoms with Crippen LogP contribution in [0.5, 0.6) is 11.5 Å². The maximum atomic E-state index is 7.02. The van der Waals surface area contributed by atoms with Gasteiger partial charge in [-0.3, -0.25) is 0 Å². The van der Waals surface area contributed by atoms with E-state index in [0.29, 0.717) is 0 Å². The van der Waals surface area contributed by atoms with Crippen LogP contribution in [0.4, 0.5) is 0 Å². The highest BCUT2D eigenvalue weighted by Gasteiger charge is 2.26. The standard InChI is InChI=1S/C52H32N2O/c1-3-14-33(15-4-1)34-16-11-19-37(30-34)54-45-26-10-7-20-41(45)50-38(22-13-27-46(50)54)35-28-29-39-40-23-12-24-43-51-42-21-8-9-25-44(42)53(36-17-5-2-6-18-36)47(51)32-49(52(40)43)55-48(39)31-35/h1-32H. The van der Waals surface area contributed by atoms with Crippen molar-refractivity contribution in [2.75, 3.05) is 0 Å². The van der Waals surface area contributed by atoms with Crippen LogP contribution in [0.2, 0.25) is 0 Å². The molecular formula is C52H32N2O. The van der Waals surface area contributed by atoms with E-state index in [2.05, 4.69) is 203 Å². The van der Waals surface area contributed by atoms with Crippen molar-refractivity contribution in [2.24, 2.45) is 0 Å². The van der Waals surface area contributed by atoms with E-state index in [0.717, 1.165) is 44.9 Å². The first-order chi connectivity index (χ1) is 27.3. The van der Waals surface area contributed by atoms with Crippen molar-refractivity contribution in [1.29, 1.82) is 0 Å². The lowest BCUT2D eigenvalue weighted by Gasteiger charge is -2.23. The third kappa shape index (κ3) is 4.38. The third-order valence-corrected chi connectivity index (χ3v) is 11.5. The molecule has 0 aliphatic carbocycles. The zero-order valence-corrected chi connectivity index (χ0v) is 29.8. The van der Waals surface area contributed by atoms with Crippen LogP contribution in [0.3, 0.4) is 0 Å². The molecule has 0 atom stereocenters. The zero-order valence-electron chi connectivity index (χ0n) is 29.8. The molecule has 0 bridgehead atoms. The Balaban J connectivity index is 1.05. The van der Waals surface area contributed by atoms with E-state index in [4.69, 9.17) is 4.74 Å². The van der Waals surface area contributed by atoms with E-state index in [1.165, 1.54) is 65.7 Å². The van der Waals surface area contributed by atoms with Crippen molar-refractivity contribution in [3.63, 3.8) is 0 Å². The molecule has 2 aromatic heterocycles. The summed E-state index contributed by atoms with van der Waals surface area (Å²) in [4.78, 5) is 0. The summed E-state index contributed by atoms with van der Waals surface area (Å²) in [5.41, 5.74) is 14.0. The highest BCUT2D eigenvalue weighted by Crippen LogP contribution is 2.52. The zero-order chi connectivity index (χ0) is 36.0. The maximum Gasteiger partial charge on any atom is 0.138 e. The van der Waals surface area contributed by atoms with E-state index in [9.17, 15) is 0 Å². The van der Waals surface area contributed by atoms with Gasteiger partial charge in [-0.05, 0) is 87.8 Å². The fourth-order valence-corrected chi connectivity index (χ4v) is 9.17. The molecule has 9 aromatic carbocycles. The summed E-state index contributed by atoms with van der Waals surface area (Å²) in [6.07, 6.45) is 0. The molecule has 3 heteroatoms. The average Bonchev–Trinajstić information content (AvgIpc) is 3.77. The average molecular weight is 701 g/mol. The van der Waals surface area contributed by atoms with Gasteiger partial charge in [0.2, 0.25) is 0 Å². The number of nitrogens with zero attached hydrogens (tertiary/aromatic N) is 2. The summed E-state index contributed by atoms with van der Waals surface area (Å²) in [6, 6.07) is 70.0. The van der Waals surface area contributed by atoms with Gasteiger partial charge in [0.1, 0.15) is 11.5 Å². The Morgan fingerprint density at radius 2 is 0.891 bits per heavy atom. The third-order valence-electron chi connectivity index (χ3n) is 11.5. The Bertz CT molecular complexity index is 3330. The summed E-state index contributed by atoms with van der Waals surface area (Å²) in [5, 5.41) is 7.32. The molecule has 3 heterocycles. The first kappa shape index (κ1) is 30.1. The van der Waals surface area contributed by atoms with Gasteiger partial charge in [-0.1, -0.05) is 133 Å². The first-order valence-corrected chi connectivity index (χ1v) is 18.9. The number of fused-ring (bicyclic) bond motifs is 9. The van der Waals surface area contributed by atoms with Crippen LogP contribution in [-0.2, 0) is 0 Å². The van der Waals surface area contributed by atoms with E-state index in [1.807, 2.05) is 0 Å². The van der Waals surface area contributed by atoms with Gasteiger partial charge in [0.25, 0.3) is 0 Å². The number of hydrogen-bond acceptors (Lipinski definition) is 1. The summed E-state index contributed by atoms with van der Waals surface area (Å²) in [5.74, 6) is 1.76. The molecule has 0 radical (unpaired) electrons. The molecule has 0 N–H and O–H groups in total. The lowest BCUT2D eigenvalue weighted by molar-refractivity contribution is 0.488. The van der Waals surface area contributed by atoms with Gasteiger partial charge in [-0.15, -0.1) is 0 Å². The van der Waals surface area contributed by atoms with Crippen molar-refractivity contribution >= 4 is 54.4 Å².